The van der Waals surface area contributed by atoms with Crippen molar-refractivity contribution in [2.75, 3.05) is 14.7 Å². The Kier molecular flexibility index (Phi) is 24.8. The van der Waals surface area contributed by atoms with Crippen LogP contribution in [0.3, 0.4) is 0 Å². The number of rotatable bonds is 21. The number of carbonyl (C=O) groups is 3. The second kappa shape index (κ2) is 31.0. The molecule has 0 bridgehead atoms. The van der Waals surface area contributed by atoms with Gasteiger partial charge in [-0.1, -0.05) is 17.9 Å². The molecule has 0 aliphatic heterocycles. The van der Waals surface area contributed by atoms with Gasteiger partial charge in [-0.3, -0.25) is 29.3 Å². The van der Waals surface area contributed by atoms with Crippen LogP contribution in [-0.2, 0) is 54.2 Å². The summed E-state index contributed by atoms with van der Waals surface area (Å²) in [5.41, 5.74) is 8.52. The summed E-state index contributed by atoms with van der Waals surface area (Å²) in [4.78, 5) is 55.7. The van der Waals surface area contributed by atoms with E-state index in [0.29, 0.717) is 77.6 Å². The molecule has 16 nitrogen and oxygen atoms in total. The Morgan fingerprint density at radius 2 is 0.899 bits per heavy atom. The minimum absolute atomic E-state index is 0. The van der Waals surface area contributed by atoms with Crippen molar-refractivity contribution in [2.45, 2.75) is 85.7 Å². The van der Waals surface area contributed by atoms with Crippen LogP contribution in [0.4, 0.5) is 41.6 Å². The van der Waals surface area contributed by atoms with Gasteiger partial charge in [0.05, 0.1) is 47.3 Å². The van der Waals surface area contributed by atoms with Crippen LogP contribution in [-0.4, -0.2) is 73.8 Å². The van der Waals surface area contributed by atoms with Crippen LogP contribution in [0.1, 0.15) is 77.8 Å². The van der Waals surface area contributed by atoms with Gasteiger partial charge >= 0.3 is 25.7 Å². The maximum absolute atomic E-state index is 13.2. The molecule has 21 heteroatoms. The van der Waals surface area contributed by atoms with E-state index >= 15 is 0 Å². The van der Waals surface area contributed by atoms with Crippen molar-refractivity contribution in [3.8, 4) is 34.2 Å². The van der Waals surface area contributed by atoms with E-state index in [0.717, 1.165) is 45.6 Å². The van der Waals surface area contributed by atoms with E-state index in [9.17, 15) is 27.6 Å². The van der Waals surface area contributed by atoms with Gasteiger partial charge < -0.3 is 44.5 Å². The van der Waals surface area contributed by atoms with Crippen molar-refractivity contribution in [3.05, 3.63) is 168 Å². The van der Waals surface area contributed by atoms with Gasteiger partial charge in [0.2, 0.25) is 0 Å². The molecule has 0 atom stereocenters. The smallest absolute Gasteiger partial charge is 0.753 e. The van der Waals surface area contributed by atoms with Gasteiger partial charge in [-0.15, -0.1) is 0 Å². The molecule has 79 heavy (non-hydrogen) atoms. The Balaban J connectivity index is 0.000000329. The fourth-order valence-electron chi connectivity index (χ4n) is 8.38. The molecule has 0 N–H and O–H groups in total. The fraction of sp³-hybridized carbons (Fsp3) is 0.224. The molecule has 7 rings (SSSR count). The molecule has 0 saturated heterocycles. The zero-order valence-electron chi connectivity index (χ0n) is 44.4. The van der Waals surface area contributed by atoms with E-state index in [2.05, 4.69) is 175 Å². The van der Waals surface area contributed by atoms with E-state index in [1.807, 2.05) is 6.07 Å². The van der Waals surface area contributed by atoms with Crippen molar-refractivity contribution < 1.29 is 61.2 Å². The zero-order chi connectivity index (χ0) is 56.8. The van der Waals surface area contributed by atoms with Gasteiger partial charge in [0.1, 0.15) is 5.69 Å². The van der Waals surface area contributed by atoms with E-state index < -0.39 is 11.9 Å². The number of thiocarbonyl (C=S) groups is 1. The minimum Gasteiger partial charge on any atom is -0.753 e. The average molecular weight is 1180 g/mol. The predicted octanol–water partition coefficient (Wildman–Crippen LogP) is 13.1. The molecule has 410 valence electrons. The molecule has 5 heterocycles. The Bertz CT molecular complexity index is 3040. The first-order valence-electron chi connectivity index (χ1n) is 24.3. The van der Waals surface area contributed by atoms with Crippen LogP contribution in [0.25, 0.3) is 57.8 Å². The van der Waals surface area contributed by atoms with Crippen molar-refractivity contribution >= 4 is 83.5 Å². The molecule has 0 amide bonds. The Morgan fingerprint density at radius 1 is 0.532 bits per heavy atom. The largest absolute Gasteiger partial charge is 2.00 e. The normalized spacial score (nSPS) is 11.1. The van der Waals surface area contributed by atoms with E-state index in [-0.39, 0.29) is 25.2 Å². The van der Waals surface area contributed by atoms with E-state index in [1.165, 1.54) is 23.9 Å². The van der Waals surface area contributed by atoms with Gasteiger partial charge in [-0.05, 0) is 193 Å². The number of pyridine rings is 4. The molecule has 0 saturated carbocycles. The third kappa shape index (κ3) is 18.3. The van der Waals surface area contributed by atoms with Crippen molar-refractivity contribution in [3.63, 3.8) is 0 Å². The number of nitrogens with zero attached hydrogens (tertiary/aromatic N) is 10. The quantitative estimate of drug-likeness (QED) is 0.0165. The summed E-state index contributed by atoms with van der Waals surface area (Å²) in [6.07, 6.45) is 8.82. The van der Waals surface area contributed by atoms with Crippen molar-refractivity contribution in [1.82, 2.24) is 30.1 Å². The number of carbonyl (C=O) groups excluding carboxylic acids is 3. The van der Waals surface area contributed by atoms with Crippen molar-refractivity contribution in [2.24, 2.45) is 0 Å². The Labute approximate surface area is 475 Å². The fourth-order valence-corrected chi connectivity index (χ4v) is 8.38. The monoisotopic (exact) mass is 1180 g/mol. The molecule has 7 aromatic rings. The molecule has 0 fully saturated rings. The van der Waals surface area contributed by atoms with Gasteiger partial charge in [-0.25, -0.2) is 4.98 Å². The molecular weight excluding hydrogens is 1120 g/mol. The number of hydrogen-bond donors (Lipinski definition) is 0. The number of aromatic nitrogens is 6. The average Bonchev–Trinajstić information content (AvgIpc) is 3.95. The number of halogens is 3. The van der Waals surface area contributed by atoms with Crippen LogP contribution >= 0.6 is 12.2 Å². The second-order valence-corrected chi connectivity index (χ2v) is 18.1. The molecular formula is C58H57F3N10O6RuS. The zero-order valence-corrected chi connectivity index (χ0v) is 46.9. The maximum Gasteiger partial charge on any atom is 2.00 e. The molecule has 0 radical (unpaired) electrons. The number of isothiocyanates is 1. The van der Waals surface area contributed by atoms with Crippen LogP contribution < -0.4 is 19.8 Å². The Hall–Kier alpha value is -8.51. The van der Waals surface area contributed by atoms with Crippen LogP contribution in [0.2, 0.25) is 0 Å². The van der Waals surface area contributed by atoms with Gasteiger partial charge in [-0.2, -0.15) is 18.3 Å². The third-order valence-corrected chi connectivity index (χ3v) is 11.3. The topological polar surface area (TPSA) is 189 Å². The number of ether oxygens (including phenoxy) is 3. The van der Waals surface area contributed by atoms with E-state index in [4.69, 9.17) is 5.41 Å². The number of alkyl halides is 3. The molecule has 2 aromatic carbocycles. The Morgan fingerprint density at radius 3 is 1.28 bits per heavy atom. The summed E-state index contributed by atoms with van der Waals surface area (Å²) >= 11 is 3.70. The summed E-state index contributed by atoms with van der Waals surface area (Å²) < 4.78 is 53.5. The number of benzene rings is 2. The standard InChI is InChI=1S/C33H40F3N6.C24H17N3O6.CNS.Ru/c1-21(2)40(22(3)4)25-9-13-27(14-10-25)42(28-15-11-26(12-16-28)41(23(5)6)24(7)8)29-17-18-37-30(19-29)31-20-32(39-38-31)33(34,35)36;28-15-31-8-3-18-1-6-25-21(11-18)23-13-20(5-10-33-17-30)14-24(27-23)22-12-19(2-7-26-22)4-9-32-16-29;2-1-3;/h9-24H,1-8H3;1-17H;;/q-1;;-1;+2/b;8-3+,9-4+,10-5+;;. The number of hydrogen-bond acceptors (Lipinski definition) is 15. The summed E-state index contributed by atoms with van der Waals surface area (Å²) in [5, 5.41) is 15.6. The van der Waals surface area contributed by atoms with E-state index in [1.54, 1.807) is 79.3 Å². The molecule has 5 aromatic heterocycles. The molecule has 0 spiro atoms. The SMILES string of the molecule is CC(C)N(c1ccc(N(c2ccc(N(C(C)C)C(C)C)cc2)c2ccnc(-c3cc(C(F)(F)F)n[n-]3)c2)cc1)C(C)C.O=CO/C=C/c1ccnc(-c2cc(/C=C/OC=O)cc(-c3cc(/C=C/OC=O)ccn3)n2)c1.[N-]=C=S.[Ru+2]. The van der Waals surface area contributed by atoms with Gasteiger partial charge in [0, 0.05) is 71.2 Å². The molecule has 0 unspecified atom stereocenters. The summed E-state index contributed by atoms with van der Waals surface area (Å²) in [5.74, 6) is 0. The molecule has 0 aliphatic carbocycles. The third-order valence-electron chi connectivity index (χ3n) is 11.3. The summed E-state index contributed by atoms with van der Waals surface area (Å²) in [6.45, 7) is 18.4. The second-order valence-electron chi connectivity index (χ2n) is 17.9. The van der Waals surface area contributed by atoms with Crippen LogP contribution in [0.5, 0.6) is 0 Å². The number of anilines is 5. The summed E-state index contributed by atoms with van der Waals surface area (Å²) in [6, 6.07) is 33.1. The first-order chi connectivity index (χ1) is 37.4. The first-order valence-corrected chi connectivity index (χ1v) is 24.7. The first kappa shape index (κ1) is 63.0. The van der Waals surface area contributed by atoms with Crippen LogP contribution in [0, 0.1) is 0 Å². The predicted molar refractivity (Wildman–Crippen MR) is 301 cm³/mol. The van der Waals surface area contributed by atoms with Crippen LogP contribution in [0.15, 0.2) is 141 Å². The molecule has 0 aliphatic rings. The van der Waals surface area contributed by atoms with Gasteiger partial charge in [0.15, 0.2) is 0 Å². The summed E-state index contributed by atoms with van der Waals surface area (Å²) in [7, 11) is 0. The minimum atomic E-state index is -4.57. The van der Waals surface area contributed by atoms with Crippen molar-refractivity contribution in [1.29, 1.82) is 0 Å². The van der Waals surface area contributed by atoms with Gasteiger partial charge in [0.25, 0.3) is 19.4 Å². The maximum atomic E-state index is 13.2.